The highest BCUT2D eigenvalue weighted by molar-refractivity contribution is 5.97. The number of rotatable bonds is 7. The highest BCUT2D eigenvalue weighted by Crippen LogP contribution is 2.21. The summed E-state index contributed by atoms with van der Waals surface area (Å²) < 4.78 is 4.88. The molecule has 0 unspecified atom stereocenters. The molecule has 7 nitrogen and oxygen atoms in total. The lowest BCUT2D eigenvalue weighted by Crippen LogP contribution is -2.21. The van der Waals surface area contributed by atoms with Crippen LogP contribution in [-0.2, 0) is 9.53 Å². The Morgan fingerprint density at radius 2 is 1.81 bits per heavy atom. The van der Waals surface area contributed by atoms with Gasteiger partial charge in [-0.1, -0.05) is 38.1 Å². The average Bonchev–Trinajstić information content (AvgIpc) is 2.66. The number of anilines is 1. The molecule has 0 aliphatic rings. The molecule has 2 rings (SSSR count). The van der Waals surface area contributed by atoms with Crippen molar-refractivity contribution in [2.45, 2.75) is 26.2 Å². The Hall–Kier alpha value is -3.22. The van der Waals surface area contributed by atoms with E-state index >= 15 is 0 Å². The fourth-order valence-electron chi connectivity index (χ4n) is 2.34. The molecule has 0 aliphatic heterocycles. The van der Waals surface area contributed by atoms with Crippen molar-refractivity contribution in [3.8, 4) is 0 Å². The van der Waals surface area contributed by atoms with E-state index in [2.05, 4.69) is 19.2 Å². The molecule has 0 heterocycles. The third-order valence-electron chi connectivity index (χ3n) is 4.03. The minimum Gasteiger partial charge on any atom is -0.452 e. The molecule has 1 amide bonds. The number of para-hydroxylation sites is 1. The van der Waals surface area contributed by atoms with E-state index < -0.39 is 23.4 Å². The number of nitro benzene ring substituents is 1. The number of hydrogen-bond donors (Lipinski definition) is 1. The van der Waals surface area contributed by atoms with Gasteiger partial charge in [0.25, 0.3) is 11.6 Å². The number of nitro groups is 1. The molecule has 1 atom stereocenters. The number of nitrogens with zero attached hydrogens (tertiary/aromatic N) is 1. The molecule has 26 heavy (non-hydrogen) atoms. The van der Waals surface area contributed by atoms with Crippen molar-refractivity contribution in [3.05, 3.63) is 69.8 Å². The highest BCUT2D eigenvalue weighted by Gasteiger charge is 2.21. The zero-order valence-corrected chi connectivity index (χ0v) is 14.6. The third-order valence-corrected chi connectivity index (χ3v) is 4.03. The number of carbonyl (C=O) groups excluding carboxylic acids is 2. The molecule has 2 aromatic rings. The number of carbonyl (C=O) groups is 2. The minimum atomic E-state index is -0.917. The van der Waals surface area contributed by atoms with Crippen molar-refractivity contribution in [2.75, 3.05) is 11.9 Å². The van der Waals surface area contributed by atoms with Gasteiger partial charge < -0.3 is 10.1 Å². The van der Waals surface area contributed by atoms with E-state index in [0.717, 1.165) is 6.42 Å². The Morgan fingerprint density at radius 1 is 1.15 bits per heavy atom. The summed E-state index contributed by atoms with van der Waals surface area (Å²) in [5, 5.41) is 13.5. The van der Waals surface area contributed by atoms with Gasteiger partial charge >= 0.3 is 5.97 Å². The summed E-state index contributed by atoms with van der Waals surface area (Å²) >= 11 is 0. The van der Waals surface area contributed by atoms with Crippen LogP contribution in [0.2, 0.25) is 0 Å². The van der Waals surface area contributed by atoms with Gasteiger partial charge in [0.15, 0.2) is 6.61 Å². The van der Waals surface area contributed by atoms with Gasteiger partial charge in [0, 0.05) is 11.8 Å². The topological polar surface area (TPSA) is 98.5 Å². The normalized spacial score (nSPS) is 11.5. The van der Waals surface area contributed by atoms with E-state index in [4.69, 9.17) is 4.74 Å². The van der Waals surface area contributed by atoms with Gasteiger partial charge in [0.05, 0.1) is 4.92 Å². The number of benzene rings is 2. The van der Waals surface area contributed by atoms with Crippen molar-refractivity contribution in [2.24, 2.45) is 0 Å². The molecule has 136 valence electrons. The molecule has 0 saturated carbocycles. The molecular formula is C19H20N2O5. The van der Waals surface area contributed by atoms with Gasteiger partial charge in [0.2, 0.25) is 0 Å². The van der Waals surface area contributed by atoms with Gasteiger partial charge in [-0.25, -0.2) is 4.79 Å². The summed E-state index contributed by atoms with van der Waals surface area (Å²) in [5.74, 6) is -1.00. The number of amides is 1. The van der Waals surface area contributed by atoms with E-state index in [1.165, 1.54) is 29.8 Å². The Balaban J connectivity index is 1.93. The molecule has 2 aromatic carbocycles. The molecule has 7 heteroatoms. The molecule has 0 fully saturated rings. The summed E-state index contributed by atoms with van der Waals surface area (Å²) in [6.45, 7) is 3.69. The number of hydrogen-bond acceptors (Lipinski definition) is 5. The van der Waals surface area contributed by atoms with Crippen LogP contribution in [0.15, 0.2) is 48.5 Å². The minimum absolute atomic E-state index is 0.191. The lowest BCUT2D eigenvalue weighted by molar-refractivity contribution is -0.385. The highest BCUT2D eigenvalue weighted by atomic mass is 16.6. The smallest absolute Gasteiger partial charge is 0.345 e. The van der Waals surface area contributed by atoms with Crippen LogP contribution in [0, 0.1) is 10.1 Å². The zero-order chi connectivity index (χ0) is 19.1. The van der Waals surface area contributed by atoms with Crippen LogP contribution in [0.5, 0.6) is 0 Å². The summed E-state index contributed by atoms with van der Waals surface area (Å²) in [5.41, 5.74) is 1.21. The van der Waals surface area contributed by atoms with Gasteiger partial charge in [-0.15, -0.1) is 0 Å². The first kappa shape index (κ1) is 19.1. The average molecular weight is 356 g/mol. The second kappa shape index (κ2) is 8.75. The molecule has 0 aliphatic carbocycles. The molecule has 0 aromatic heterocycles. The van der Waals surface area contributed by atoms with E-state index in [1.54, 1.807) is 12.1 Å². The van der Waals surface area contributed by atoms with Crippen LogP contribution in [0.1, 0.15) is 42.1 Å². The fraction of sp³-hybridized carbons (Fsp3) is 0.263. The zero-order valence-electron chi connectivity index (χ0n) is 14.6. The number of esters is 1. The molecule has 0 radical (unpaired) electrons. The molecule has 0 saturated heterocycles. The maximum Gasteiger partial charge on any atom is 0.345 e. The first-order chi connectivity index (χ1) is 12.4. The number of nitrogens with one attached hydrogen (secondary N) is 1. The quantitative estimate of drug-likeness (QED) is 0.461. The van der Waals surface area contributed by atoms with Crippen LogP contribution in [-0.4, -0.2) is 23.4 Å². The van der Waals surface area contributed by atoms with Crippen LogP contribution in [0.4, 0.5) is 11.4 Å². The predicted molar refractivity (Wildman–Crippen MR) is 97.2 cm³/mol. The first-order valence-corrected chi connectivity index (χ1v) is 8.22. The lowest BCUT2D eigenvalue weighted by Gasteiger charge is -2.10. The van der Waals surface area contributed by atoms with Gasteiger partial charge in [0.1, 0.15) is 5.56 Å². The van der Waals surface area contributed by atoms with E-state index in [9.17, 15) is 19.7 Å². The summed E-state index contributed by atoms with van der Waals surface area (Å²) in [7, 11) is 0. The van der Waals surface area contributed by atoms with Gasteiger partial charge in [-0.05, 0) is 36.1 Å². The second-order valence-corrected chi connectivity index (χ2v) is 5.83. The van der Waals surface area contributed by atoms with Crippen molar-refractivity contribution in [3.63, 3.8) is 0 Å². The Kier molecular flexibility index (Phi) is 6.43. The summed E-state index contributed by atoms with van der Waals surface area (Å²) in [6.07, 6.45) is 1.02. The fourth-order valence-corrected chi connectivity index (χ4v) is 2.34. The van der Waals surface area contributed by atoms with Gasteiger partial charge in [-0.3, -0.25) is 14.9 Å². The SMILES string of the molecule is CC[C@@H](C)c1ccc(NC(=O)COC(=O)c2ccccc2[N+](=O)[O-])cc1. The van der Waals surface area contributed by atoms with E-state index in [1.807, 2.05) is 12.1 Å². The number of ether oxygens (including phenoxy) is 1. The van der Waals surface area contributed by atoms with Crippen LogP contribution >= 0.6 is 0 Å². The Bertz CT molecular complexity index is 802. The van der Waals surface area contributed by atoms with Crippen molar-refractivity contribution >= 4 is 23.3 Å². The standard InChI is InChI=1S/C19H20N2O5/c1-3-13(2)14-8-10-15(11-9-14)20-18(22)12-26-19(23)16-6-4-5-7-17(16)21(24)25/h4-11,13H,3,12H2,1-2H3,(H,20,22)/t13-/m1/s1. The Morgan fingerprint density at radius 3 is 2.42 bits per heavy atom. The monoisotopic (exact) mass is 356 g/mol. The molecule has 0 spiro atoms. The molecule has 1 N–H and O–H groups in total. The first-order valence-electron chi connectivity index (χ1n) is 8.22. The largest absolute Gasteiger partial charge is 0.452 e. The summed E-state index contributed by atoms with van der Waals surface area (Å²) in [6, 6.07) is 12.9. The van der Waals surface area contributed by atoms with Crippen molar-refractivity contribution < 1.29 is 19.2 Å². The molecule has 0 bridgehead atoms. The van der Waals surface area contributed by atoms with Gasteiger partial charge in [-0.2, -0.15) is 0 Å². The maximum atomic E-state index is 12.0. The second-order valence-electron chi connectivity index (χ2n) is 5.83. The van der Waals surface area contributed by atoms with E-state index in [-0.39, 0.29) is 11.3 Å². The van der Waals surface area contributed by atoms with Crippen molar-refractivity contribution in [1.29, 1.82) is 0 Å². The predicted octanol–water partition coefficient (Wildman–Crippen LogP) is 3.90. The van der Waals surface area contributed by atoms with Crippen LogP contribution in [0.3, 0.4) is 0 Å². The van der Waals surface area contributed by atoms with Crippen molar-refractivity contribution in [1.82, 2.24) is 0 Å². The van der Waals surface area contributed by atoms with Crippen LogP contribution < -0.4 is 5.32 Å². The third kappa shape index (κ3) is 4.89. The molecular weight excluding hydrogens is 336 g/mol. The lowest BCUT2D eigenvalue weighted by atomic mass is 9.99. The summed E-state index contributed by atoms with van der Waals surface area (Å²) in [4.78, 5) is 34.1. The Labute approximate surface area is 151 Å². The maximum absolute atomic E-state index is 12.0. The van der Waals surface area contributed by atoms with E-state index in [0.29, 0.717) is 11.6 Å². The van der Waals surface area contributed by atoms with Crippen LogP contribution in [0.25, 0.3) is 0 Å².